The first kappa shape index (κ1) is 18.7. The molecule has 0 unspecified atom stereocenters. The van der Waals surface area contributed by atoms with E-state index in [4.69, 9.17) is 16.3 Å². The highest BCUT2D eigenvalue weighted by molar-refractivity contribution is 7.17. The molecule has 0 saturated carbocycles. The SMILES string of the molecule is Cn1cc(-c2nnc(-c3ccc(Cl)cc3OCc3ncccn3)c3sccc23)cn1. The van der Waals surface area contributed by atoms with E-state index in [0.717, 1.165) is 32.6 Å². The van der Waals surface area contributed by atoms with Gasteiger partial charge in [0.1, 0.15) is 23.7 Å². The number of thiophene rings is 1. The Morgan fingerprint density at radius 2 is 1.93 bits per heavy atom. The summed E-state index contributed by atoms with van der Waals surface area (Å²) in [7, 11) is 1.88. The van der Waals surface area contributed by atoms with E-state index in [9.17, 15) is 0 Å². The molecule has 0 saturated heterocycles. The minimum atomic E-state index is 0.225. The minimum Gasteiger partial charge on any atom is -0.485 e. The van der Waals surface area contributed by atoms with Crippen molar-refractivity contribution >= 4 is 33.0 Å². The highest BCUT2D eigenvalue weighted by atomic mass is 35.5. The Morgan fingerprint density at radius 3 is 2.73 bits per heavy atom. The molecule has 0 fully saturated rings. The molecule has 4 heterocycles. The average Bonchev–Trinajstić information content (AvgIpc) is 3.42. The monoisotopic (exact) mass is 434 g/mol. The molecule has 7 nitrogen and oxygen atoms in total. The van der Waals surface area contributed by atoms with E-state index < -0.39 is 0 Å². The molecule has 9 heteroatoms. The van der Waals surface area contributed by atoms with Crippen LogP contribution in [0.4, 0.5) is 0 Å². The van der Waals surface area contributed by atoms with Crippen LogP contribution in [0.3, 0.4) is 0 Å². The normalized spacial score (nSPS) is 11.1. The number of fused-ring (bicyclic) bond motifs is 1. The van der Waals surface area contributed by atoms with Crippen LogP contribution in [-0.4, -0.2) is 29.9 Å². The summed E-state index contributed by atoms with van der Waals surface area (Å²) in [5, 5.41) is 16.9. The Kier molecular flexibility index (Phi) is 4.86. The Balaban J connectivity index is 1.58. The lowest BCUT2D eigenvalue weighted by atomic mass is 10.1. The standard InChI is InChI=1S/C21H15ClN6OS/c1-28-11-13(10-25-28)19-16-5-8-30-21(16)20(27-26-19)15-4-3-14(22)9-17(15)29-12-18-23-6-2-7-24-18/h2-11H,12H2,1H3. The molecular formula is C21H15ClN6OS. The maximum absolute atomic E-state index is 6.24. The van der Waals surface area contributed by atoms with Crippen molar-refractivity contribution in [1.29, 1.82) is 0 Å². The van der Waals surface area contributed by atoms with E-state index >= 15 is 0 Å². The second-order valence-corrected chi connectivity index (χ2v) is 7.91. The molecule has 0 bridgehead atoms. The quantitative estimate of drug-likeness (QED) is 0.396. The minimum absolute atomic E-state index is 0.225. The number of hydrogen-bond donors (Lipinski definition) is 0. The molecule has 0 atom stereocenters. The van der Waals surface area contributed by atoms with Crippen LogP contribution >= 0.6 is 22.9 Å². The van der Waals surface area contributed by atoms with Crippen LogP contribution in [0.15, 0.2) is 60.5 Å². The maximum atomic E-state index is 6.24. The number of aryl methyl sites for hydroxylation is 1. The fourth-order valence-corrected chi connectivity index (χ4v) is 4.23. The van der Waals surface area contributed by atoms with Crippen molar-refractivity contribution in [2.45, 2.75) is 6.61 Å². The summed E-state index contributed by atoms with van der Waals surface area (Å²) in [6.07, 6.45) is 7.08. The van der Waals surface area contributed by atoms with E-state index in [1.165, 1.54) is 0 Å². The van der Waals surface area contributed by atoms with E-state index in [2.05, 4.69) is 31.3 Å². The van der Waals surface area contributed by atoms with Crippen LogP contribution in [0.5, 0.6) is 5.75 Å². The molecular weight excluding hydrogens is 420 g/mol. The zero-order valence-electron chi connectivity index (χ0n) is 15.9. The van der Waals surface area contributed by atoms with Crippen LogP contribution in [0.1, 0.15) is 5.82 Å². The fraction of sp³-hybridized carbons (Fsp3) is 0.0952. The molecule has 148 valence electrons. The summed E-state index contributed by atoms with van der Waals surface area (Å²) >= 11 is 7.85. The van der Waals surface area contributed by atoms with Gasteiger partial charge in [-0.05, 0) is 35.7 Å². The lowest BCUT2D eigenvalue weighted by molar-refractivity contribution is 0.297. The molecule has 0 radical (unpaired) electrons. The van der Waals surface area contributed by atoms with Crippen LogP contribution in [0.25, 0.3) is 32.6 Å². The van der Waals surface area contributed by atoms with Gasteiger partial charge in [-0.3, -0.25) is 4.68 Å². The largest absolute Gasteiger partial charge is 0.485 e. The summed E-state index contributed by atoms with van der Waals surface area (Å²) < 4.78 is 8.79. The number of ether oxygens (including phenoxy) is 1. The third-order valence-corrected chi connectivity index (χ3v) is 5.69. The van der Waals surface area contributed by atoms with Gasteiger partial charge in [-0.2, -0.15) is 5.10 Å². The van der Waals surface area contributed by atoms with Crippen molar-refractivity contribution in [1.82, 2.24) is 29.9 Å². The molecule has 30 heavy (non-hydrogen) atoms. The summed E-state index contributed by atoms with van der Waals surface area (Å²) in [5.41, 5.74) is 3.28. The second kappa shape index (κ2) is 7.81. The Bertz CT molecular complexity index is 1330. The van der Waals surface area contributed by atoms with Crippen molar-refractivity contribution in [2.75, 3.05) is 0 Å². The average molecular weight is 435 g/mol. The molecule has 0 aliphatic carbocycles. The van der Waals surface area contributed by atoms with Crippen LogP contribution in [-0.2, 0) is 13.7 Å². The predicted octanol–water partition coefficient (Wildman–Crippen LogP) is 4.78. The highest BCUT2D eigenvalue weighted by Crippen LogP contribution is 2.39. The van der Waals surface area contributed by atoms with Gasteiger partial charge in [0.05, 0.1) is 10.9 Å². The van der Waals surface area contributed by atoms with E-state index in [0.29, 0.717) is 16.6 Å². The lowest BCUT2D eigenvalue weighted by Crippen LogP contribution is -2.02. The second-order valence-electron chi connectivity index (χ2n) is 6.56. The molecule has 0 aliphatic heterocycles. The van der Waals surface area contributed by atoms with Crippen LogP contribution in [0.2, 0.25) is 5.02 Å². The van der Waals surface area contributed by atoms with Crippen LogP contribution < -0.4 is 4.74 Å². The number of hydrogen-bond acceptors (Lipinski definition) is 7. The number of benzene rings is 1. The molecule has 0 aliphatic rings. The third kappa shape index (κ3) is 3.51. The number of halogens is 1. The number of rotatable bonds is 5. The Morgan fingerprint density at radius 1 is 1.10 bits per heavy atom. The van der Waals surface area contributed by atoms with Crippen molar-refractivity contribution in [3.05, 3.63) is 71.3 Å². The van der Waals surface area contributed by atoms with E-state index in [1.807, 2.05) is 30.8 Å². The summed E-state index contributed by atoms with van der Waals surface area (Å²) in [6, 6.07) is 9.31. The van der Waals surface area contributed by atoms with Gasteiger partial charge in [0.25, 0.3) is 0 Å². The van der Waals surface area contributed by atoms with Crippen molar-refractivity contribution in [2.24, 2.45) is 7.05 Å². The first-order chi connectivity index (χ1) is 14.7. The maximum Gasteiger partial charge on any atom is 0.166 e. The fourth-order valence-electron chi connectivity index (χ4n) is 3.17. The van der Waals surface area contributed by atoms with E-state index in [1.54, 1.807) is 46.7 Å². The lowest BCUT2D eigenvalue weighted by Gasteiger charge is -2.12. The van der Waals surface area contributed by atoms with Gasteiger partial charge < -0.3 is 4.74 Å². The van der Waals surface area contributed by atoms with Gasteiger partial charge in [-0.15, -0.1) is 21.5 Å². The van der Waals surface area contributed by atoms with Gasteiger partial charge in [0, 0.05) is 47.2 Å². The molecule has 0 amide bonds. The van der Waals surface area contributed by atoms with Crippen LogP contribution in [0, 0.1) is 0 Å². The number of aromatic nitrogens is 6. The Hall–Kier alpha value is -3.36. The highest BCUT2D eigenvalue weighted by Gasteiger charge is 2.18. The predicted molar refractivity (Wildman–Crippen MR) is 116 cm³/mol. The first-order valence-corrected chi connectivity index (χ1v) is 10.4. The molecule has 0 spiro atoms. The summed E-state index contributed by atoms with van der Waals surface area (Å²) in [4.78, 5) is 8.41. The topological polar surface area (TPSA) is 78.6 Å². The van der Waals surface area contributed by atoms with Crippen molar-refractivity contribution in [3.8, 4) is 28.3 Å². The van der Waals surface area contributed by atoms with Gasteiger partial charge >= 0.3 is 0 Å². The zero-order chi connectivity index (χ0) is 20.5. The third-order valence-electron chi connectivity index (χ3n) is 4.54. The van der Waals surface area contributed by atoms with Gasteiger partial charge in [0.15, 0.2) is 5.82 Å². The summed E-state index contributed by atoms with van der Waals surface area (Å²) in [5.74, 6) is 1.19. The van der Waals surface area contributed by atoms with Crippen molar-refractivity contribution in [3.63, 3.8) is 0 Å². The molecule has 0 N–H and O–H groups in total. The zero-order valence-corrected chi connectivity index (χ0v) is 17.4. The molecule has 5 rings (SSSR count). The smallest absolute Gasteiger partial charge is 0.166 e. The number of nitrogens with zero attached hydrogens (tertiary/aromatic N) is 6. The Labute approximate surface area is 181 Å². The summed E-state index contributed by atoms with van der Waals surface area (Å²) in [6.45, 7) is 0.225. The molecule has 4 aromatic heterocycles. The van der Waals surface area contributed by atoms with Gasteiger partial charge in [-0.1, -0.05) is 11.6 Å². The van der Waals surface area contributed by atoms with Crippen molar-refractivity contribution < 1.29 is 4.74 Å². The molecule has 5 aromatic rings. The molecule has 1 aromatic carbocycles. The van der Waals surface area contributed by atoms with Gasteiger partial charge in [0.2, 0.25) is 0 Å². The first-order valence-electron chi connectivity index (χ1n) is 9.10. The van der Waals surface area contributed by atoms with E-state index in [-0.39, 0.29) is 6.61 Å². The van der Waals surface area contributed by atoms with Gasteiger partial charge in [-0.25, -0.2) is 9.97 Å².